The number of ether oxygens (including phenoxy) is 2. The third-order valence-corrected chi connectivity index (χ3v) is 5.77. The van der Waals surface area contributed by atoms with E-state index in [1.54, 1.807) is 0 Å². The van der Waals surface area contributed by atoms with Gasteiger partial charge in [-0.15, -0.1) is 0 Å². The van der Waals surface area contributed by atoms with Crippen LogP contribution in [-0.4, -0.2) is 25.2 Å². The van der Waals surface area contributed by atoms with Gasteiger partial charge in [-0.1, -0.05) is 96.6 Å². The van der Waals surface area contributed by atoms with E-state index in [0.717, 1.165) is 38.5 Å². The van der Waals surface area contributed by atoms with Gasteiger partial charge in [-0.2, -0.15) is 0 Å². The number of hydrogen-bond donors (Lipinski definition) is 0. The Morgan fingerprint density at radius 3 is 1.38 bits per heavy atom. The molecule has 1 aliphatic carbocycles. The Bertz CT molecular complexity index is 458. The highest BCUT2D eigenvalue weighted by atomic mass is 16.5. The first-order valence-corrected chi connectivity index (χ1v) is 12.2. The molecule has 1 rings (SSSR count). The summed E-state index contributed by atoms with van der Waals surface area (Å²) in [6.07, 6.45) is 20.6. The van der Waals surface area contributed by atoms with Crippen LogP contribution < -0.4 is 0 Å². The first kappa shape index (κ1) is 25.7. The second kappa shape index (κ2) is 17.5. The van der Waals surface area contributed by atoms with Gasteiger partial charge in [0.25, 0.3) is 0 Å². The summed E-state index contributed by atoms with van der Waals surface area (Å²) in [4.78, 5) is 24.9. The molecule has 0 aromatic rings. The van der Waals surface area contributed by atoms with Gasteiger partial charge in [0.15, 0.2) is 0 Å². The molecular weight excluding hydrogens is 364 g/mol. The molecule has 4 heteroatoms. The SMILES string of the molecule is CCCCCCCCCCCOC(=O)C1CC=CCC1C(=O)OCCCCCC. The van der Waals surface area contributed by atoms with Gasteiger partial charge in [0, 0.05) is 0 Å². The van der Waals surface area contributed by atoms with Crippen LogP contribution in [0.25, 0.3) is 0 Å². The minimum atomic E-state index is -0.387. The number of hydrogen-bond acceptors (Lipinski definition) is 4. The van der Waals surface area contributed by atoms with Crippen molar-refractivity contribution >= 4 is 11.9 Å². The normalized spacial score (nSPS) is 18.6. The van der Waals surface area contributed by atoms with E-state index in [4.69, 9.17) is 9.47 Å². The van der Waals surface area contributed by atoms with Crippen LogP contribution in [0.2, 0.25) is 0 Å². The largest absolute Gasteiger partial charge is 0.465 e. The number of carbonyl (C=O) groups is 2. The lowest BCUT2D eigenvalue weighted by atomic mass is 9.83. The average Bonchev–Trinajstić information content (AvgIpc) is 2.74. The summed E-state index contributed by atoms with van der Waals surface area (Å²) in [6.45, 7) is 5.32. The number of unbranched alkanes of at least 4 members (excludes halogenated alkanes) is 11. The fraction of sp³-hybridized carbons (Fsp3) is 0.840. The minimum absolute atomic E-state index is 0.234. The molecule has 29 heavy (non-hydrogen) atoms. The summed E-state index contributed by atoms with van der Waals surface area (Å²) in [5.41, 5.74) is 0. The third kappa shape index (κ3) is 12.1. The summed E-state index contributed by atoms with van der Waals surface area (Å²) in [7, 11) is 0. The lowest BCUT2D eigenvalue weighted by Gasteiger charge is -2.25. The number of carbonyl (C=O) groups excluding carboxylic acids is 2. The fourth-order valence-electron chi connectivity index (χ4n) is 3.84. The topological polar surface area (TPSA) is 52.6 Å². The van der Waals surface area contributed by atoms with Gasteiger partial charge in [0.1, 0.15) is 0 Å². The van der Waals surface area contributed by atoms with Gasteiger partial charge in [-0.3, -0.25) is 9.59 Å². The van der Waals surface area contributed by atoms with Gasteiger partial charge >= 0.3 is 11.9 Å². The molecule has 0 bridgehead atoms. The van der Waals surface area contributed by atoms with Gasteiger partial charge in [-0.25, -0.2) is 0 Å². The quantitative estimate of drug-likeness (QED) is 0.151. The van der Waals surface area contributed by atoms with Crippen LogP contribution in [0.15, 0.2) is 12.2 Å². The van der Waals surface area contributed by atoms with Crippen LogP contribution in [0, 0.1) is 11.8 Å². The molecule has 4 nitrogen and oxygen atoms in total. The van der Waals surface area contributed by atoms with Gasteiger partial charge < -0.3 is 9.47 Å². The Morgan fingerprint density at radius 1 is 0.621 bits per heavy atom. The minimum Gasteiger partial charge on any atom is -0.465 e. The third-order valence-electron chi connectivity index (χ3n) is 5.77. The molecule has 0 saturated carbocycles. The first-order valence-electron chi connectivity index (χ1n) is 12.2. The molecule has 168 valence electrons. The van der Waals surface area contributed by atoms with Crippen molar-refractivity contribution in [2.24, 2.45) is 11.8 Å². The zero-order valence-corrected chi connectivity index (χ0v) is 19.0. The van der Waals surface area contributed by atoms with E-state index in [1.165, 1.54) is 44.9 Å². The van der Waals surface area contributed by atoms with Crippen molar-refractivity contribution in [3.05, 3.63) is 12.2 Å². The van der Waals surface area contributed by atoms with Crippen molar-refractivity contribution in [3.63, 3.8) is 0 Å². The Hall–Kier alpha value is -1.32. The maximum Gasteiger partial charge on any atom is 0.310 e. The van der Waals surface area contributed by atoms with Crippen molar-refractivity contribution in [2.75, 3.05) is 13.2 Å². The van der Waals surface area contributed by atoms with Gasteiger partial charge in [0.05, 0.1) is 25.0 Å². The molecule has 0 aromatic carbocycles. The lowest BCUT2D eigenvalue weighted by molar-refractivity contribution is -0.161. The maximum atomic E-state index is 12.5. The standard InChI is InChI=1S/C25H44O4/c1-3-5-7-9-10-11-12-13-17-21-29-25(27)23-19-15-14-18-22(23)24(26)28-20-16-8-6-4-2/h14-15,22-23H,3-13,16-21H2,1-2H3. The molecule has 2 unspecified atom stereocenters. The molecular formula is C25H44O4. The zero-order chi connectivity index (χ0) is 21.2. The van der Waals surface area contributed by atoms with Crippen LogP contribution in [-0.2, 0) is 19.1 Å². The van der Waals surface area contributed by atoms with E-state index in [1.807, 2.05) is 12.2 Å². The van der Waals surface area contributed by atoms with Crippen molar-refractivity contribution < 1.29 is 19.1 Å². The second-order valence-electron chi connectivity index (χ2n) is 8.38. The van der Waals surface area contributed by atoms with Crippen LogP contribution in [0.4, 0.5) is 0 Å². The molecule has 0 N–H and O–H groups in total. The lowest BCUT2D eigenvalue weighted by Crippen LogP contribution is -2.34. The molecule has 0 fully saturated rings. The van der Waals surface area contributed by atoms with Crippen LogP contribution in [0.3, 0.4) is 0 Å². The molecule has 0 amide bonds. The van der Waals surface area contributed by atoms with Crippen molar-refractivity contribution in [1.82, 2.24) is 0 Å². The van der Waals surface area contributed by atoms with Crippen LogP contribution >= 0.6 is 0 Å². The fourth-order valence-corrected chi connectivity index (χ4v) is 3.84. The Kier molecular flexibility index (Phi) is 15.5. The summed E-state index contributed by atoms with van der Waals surface area (Å²) in [5.74, 6) is -1.25. The zero-order valence-electron chi connectivity index (χ0n) is 19.0. The van der Waals surface area contributed by atoms with E-state index in [9.17, 15) is 9.59 Å². The van der Waals surface area contributed by atoms with Crippen molar-refractivity contribution in [3.8, 4) is 0 Å². The highest BCUT2D eigenvalue weighted by Gasteiger charge is 2.36. The predicted octanol–water partition coefficient (Wildman–Crippen LogP) is 6.77. The average molecular weight is 409 g/mol. The van der Waals surface area contributed by atoms with Gasteiger partial charge in [-0.05, 0) is 25.7 Å². The number of rotatable bonds is 17. The highest BCUT2D eigenvalue weighted by Crippen LogP contribution is 2.28. The van der Waals surface area contributed by atoms with E-state index in [2.05, 4.69) is 13.8 Å². The molecule has 2 atom stereocenters. The monoisotopic (exact) mass is 408 g/mol. The smallest absolute Gasteiger partial charge is 0.310 e. The van der Waals surface area contributed by atoms with Crippen molar-refractivity contribution in [1.29, 1.82) is 0 Å². The highest BCUT2D eigenvalue weighted by molar-refractivity contribution is 5.82. The Labute approximate surface area is 178 Å². The summed E-state index contributed by atoms with van der Waals surface area (Å²) < 4.78 is 10.9. The Morgan fingerprint density at radius 2 is 0.966 bits per heavy atom. The molecule has 0 aliphatic heterocycles. The Balaban J connectivity index is 2.18. The number of esters is 2. The van der Waals surface area contributed by atoms with Crippen LogP contribution in [0.5, 0.6) is 0 Å². The summed E-state index contributed by atoms with van der Waals surface area (Å²) >= 11 is 0. The van der Waals surface area contributed by atoms with Crippen LogP contribution in [0.1, 0.15) is 110 Å². The first-order chi connectivity index (χ1) is 14.2. The molecule has 0 aromatic heterocycles. The summed E-state index contributed by atoms with van der Waals surface area (Å²) in [6, 6.07) is 0. The van der Waals surface area contributed by atoms with E-state index >= 15 is 0 Å². The second-order valence-corrected chi connectivity index (χ2v) is 8.38. The predicted molar refractivity (Wildman–Crippen MR) is 119 cm³/mol. The molecule has 0 saturated heterocycles. The number of allylic oxidation sites excluding steroid dienone is 2. The van der Waals surface area contributed by atoms with E-state index in [0.29, 0.717) is 26.1 Å². The van der Waals surface area contributed by atoms with Gasteiger partial charge in [0.2, 0.25) is 0 Å². The summed E-state index contributed by atoms with van der Waals surface area (Å²) in [5, 5.41) is 0. The van der Waals surface area contributed by atoms with E-state index < -0.39 is 0 Å². The molecule has 0 spiro atoms. The van der Waals surface area contributed by atoms with Crippen molar-refractivity contribution in [2.45, 2.75) is 110 Å². The van der Waals surface area contributed by atoms with E-state index in [-0.39, 0.29) is 23.8 Å². The molecule has 1 aliphatic rings. The maximum absolute atomic E-state index is 12.5. The molecule has 0 radical (unpaired) electrons. The molecule has 0 heterocycles.